The van der Waals surface area contributed by atoms with Gasteiger partial charge in [-0.05, 0) is 25.8 Å². The Balaban J connectivity index is 2.87. The highest BCUT2D eigenvalue weighted by Crippen LogP contribution is 2.09. The molecule has 0 atom stereocenters. The van der Waals surface area contributed by atoms with Crippen LogP contribution in [0.4, 0.5) is 0 Å². The van der Waals surface area contributed by atoms with Gasteiger partial charge in [-0.1, -0.05) is 0 Å². The first-order valence-electron chi connectivity index (χ1n) is 3.32. The molecule has 1 rings (SSSR count). The normalized spacial score (nSPS) is 10.3. The molecule has 56 valence electrons. The quantitative estimate of drug-likeness (QED) is 0.654. The second kappa shape index (κ2) is 3.06. The number of nitrogens with one attached hydrogen (secondary N) is 1. The van der Waals surface area contributed by atoms with Crippen LogP contribution in [0, 0.1) is 13.8 Å². The van der Waals surface area contributed by atoms with Crippen LogP contribution in [0.25, 0.3) is 0 Å². The van der Waals surface area contributed by atoms with Gasteiger partial charge in [0, 0.05) is 11.6 Å². The molecule has 1 N–H and O–H groups in total. The predicted molar refractivity (Wildman–Crippen MR) is 42.5 cm³/mol. The minimum absolute atomic E-state index is 0.668. The van der Waals surface area contributed by atoms with Crippen LogP contribution in [0.15, 0.2) is 0 Å². The van der Waals surface area contributed by atoms with E-state index in [1.165, 1.54) is 5.56 Å². The molecule has 0 amide bonds. The summed E-state index contributed by atoms with van der Waals surface area (Å²) in [7, 11) is 0. The van der Waals surface area contributed by atoms with Crippen molar-refractivity contribution in [2.45, 2.75) is 20.3 Å². The highest BCUT2D eigenvalue weighted by atomic mass is 35.5. The van der Waals surface area contributed by atoms with Crippen LogP contribution in [0.1, 0.15) is 17.0 Å². The molecule has 0 aromatic carbocycles. The summed E-state index contributed by atoms with van der Waals surface area (Å²) in [6, 6.07) is 0. The molecule has 3 heteroatoms. The van der Waals surface area contributed by atoms with Crippen molar-refractivity contribution in [3.05, 3.63) is 17.0 Å². The van der Waals surface area contributed by atoms with Crippen LogP contribution in [0.2, 0.25) is 0 Å². The summed E-state index contributed by atoms with van der Waals surface area (Å²) in [6.07, 6.45) is 0.912. The van der Waals surface area contributed by atoms with E-state index >= 15 is 0 Å². The Bertz CT molecular complexity index is 198. The average molecular weight is 159 g/mol. The number of aromatic nitrogens is 2. The van der Waals surface area contributed by atoms with Gasteiger partial charge in [-0.15, -0.1) is 11.6 Å². The number of aryl methyl sites for hydroxylation is 2. The molecule has 10 heavy (non-hydrogen) atoms. The molecule has 1 heterocycles. The lowest BCUT2D eigenvalue weighted by Gasteiger charge is -1.94. The molecular weight excluding hydrogens is 148 g/mol. The van der Waals surface area contributed by atoms with E-state index in [1.54, 1.807) is 0 Å². The van der Waals surface area contributed by atoms with E-state index < -0.39 is 0 Å². The maximum Gasteiger partial charge on any atom is 0.0626 e. The zero-order valence-electron chi connectivity index (χ0n) is 6.24. The second-order valence-corrected chi connectivity index (χ2v) is 2.73. The van der Waals surface area contributed by atoms with E-state index in [2.05, 4.69) is 10.2 Å². The van der Waals surface area contributed by atoms with E-state index in [-0.39, 0.29) is 0 Å². The minimum Gasteiger partial charge on any atom is -0.282 e. The summed E-state index contributed by atoms with van der Waals surface area (Å²) in [5.74, 6) is 0.668. The summed E-state index contributed by atoms with van der Waals surface area (Å²) in [5.41, 5.74) is 3.46. The third kappa shape index (κ3) is 1.32. The van der Waals surface area contributed by atoms with Gasteiger partial charge in [-0.2, -0.15) is 5.10 Å². The summed E-state index contributed by atoms with van der Waals surface area (Å²) >= 11 is 5.60. The Labute approximate surface area is 65.6 Å². The molecule has 0 bridgehead atoms. The van der Waals surface area contributed by atoms with Crippen molar-refractivity contribution in [3.63, 3.8) is 0 Å². The summed E-state index contributed by atoms with van der Waals surface area (Å²) in [5, 5.41) is 6.96. The van der Waals surface area contributed by atoms with Gasteiger partial charge in [0.15, 0.2) is 0 Å². The first kappa shape index (κ1) is 7.61. The van der Waals surface area contributed by atoms with Crippen LogP contribution < -0.4 is 0 Å². The van der Waals surface area contributed by atoms with Crippen molar-refractivity contribution in [2.24, 2.45) is 0 Å². The standard InChI is InChI=1S/C7H11ClN2/c1-5-7(3-4-8)6(2)10-9-5/h3-4H2,1-2H3,(H,9,10). The highest BCUT2D eigenvalue weighted by Gasteiger charge is 2.03. The maximum atomic E-state index is 5.60. The number of alkyl halides is 1. The molecule has 2 nitrogen and oxygen atoms in total. The number of hydrogen-bond acceptors (Lipinski definition) is 1. The molecule has 1 aromatic heterocycles. The predicted octanol–water partition coefficient (Wildman–Crippen LogP) is 1.81. The lowest BCUT2D eigenvalue weighted by molar-refractivity contribution is 1.02. The van der Waals surface area contributed by atoms with Gasteiger partial charge in [-0.3, -0.25) is 5.10 Å². The monoisotopic (exact) mass is 158 g/mol. The smallest absolute Gasteiger partial charge is 0.0626 e. The molecule has 0 saturated carbocycles. The molecular formula is C7H11ClN2. The fourth-order valence-corrected chi connectivity index (χ4v) is 1.23. The van der Waals surface area contributed by atoms with Crippen molar-refractivity contribution in [1.82, 2.24) is 10.2 Å². The van der Waals surface area contributed by atoms with Gasteiger partial charge in [0.25, 0.3) is 0 Å². The van der Waals surface area contributed by atoms with Gasteiger partial charge < -0.3 is 0 Å². The molecule has 0 aliphatic rings. The second-order valence-electron chi connectivity index (χ2n) is 2.35. The van der Waals surface area contributed by atoms with Crippen molar-refractivity contribution >= 4 is 11.6 Å². The van der Waals surface area contributed by atoms with E-state index in [9.17, 15) is 0 Å². The number of halogens is 1. The molecule has 0 aliphatic carbocycles. The number of nitrogens with zero attached hydrogens (tertiary/aromatic N) is 1. The summed E-state index contributed by atoms with van der Waals surface area (Å²) < 4.78 is 0. The number of hydrogen-bond donors (Lipinski definition) is 1. The molecule has 0 unspecified atom stereocenters. The first-order valence-corrected chi connectivity index (χ1v) is 3.85. The van der Waals surface area contributed by atoms with Gasteiger partial charge in [0.1, 0.15) is 0 Å². The zero-order chi connectivity index (χ0) is 7.56. The third-order valence-electron chi connectivity index (χ3n) is 1.63. The van der Waals surface area contributed by atoms with Gasteiger partial charge in [0.2, 0.25) is 0 Å². The molecule has 0 spiro atoms. The number of rotatable bonds is 2. The zero-order valence-corrected chi connectivity index (χ0v) is 7.00. The molecule has 0 fully saturated rings. The van der Waals surface area contributed by atoms with Gasteiger partial charge in [-0.25, -0.2) is 0 Å². The largest absolute Gasteiger partial charge is 0.282 e. The average Bonchev–Trinajstić information content (AvgIpc) is 2.20. The molecule has 0 saturated heterocycles. The summed E-state index contributed by atoms with van der Waals surface area (Å²) in [4.78, 5) is 0. The van der Waals surface area contributed by atoms with Crippen LogP contribution in [0.5, 0.6) is 0 Å². The van der Waals surface area contributed by atoms with Crippen LogP contribution in [0.3, 0.4) is 0 Å². The van der Waals surface area contributed by atoms with Crippen molar-refractivity contribution in [2.75, 3.05) is 5.88 Å². The Morgan fingerprint density at radius 3 is 2.60 bits per heavy atom. The van der Waals surface area contributed by atoms with Crippen molar-refractivity contribution in [1.29, 1.82) is 0 Å². The minimum atomic E-state index is 0.668. The van der Waals surface area contributed by atoms with Gasteiger partial charge in [0.05, 0.1) is 5.69 Å². The number of H-pyrrole nitrogens is 1. The Kier molecular flexibility index (Phi) is 2.33. The topological polar surface area (TPSA) is 28.7 Å². The highest BCUT2D eigenvalue weighted by molar-refractivity contribution is 6.18. The molecule has 0 radical (unpaired) electrons. The SMILES string of the molecule is Cc1n[nH]c(C)c1CCCl. The van der Waals surface area contributed by atoms with Gasteiger partial charge >= 0.3 is 0 Å². The molecule has 1 aromatic rings. The Hall–Kier alpha value is -0.500. The van der Waals surface area contributed by atoms with Crippen molar-refractivity contribution in [3.8, 4) is 0 Å². The first-order chi connectivity index (χ1) is 4.75. The van der Waals surface area contributed by atoms with Crippen molar-refractivity contribution < 1.29 is 0 Å². The van der Waals surface area contributed by atoms with E-state index in [0.29, 0.717) is 5.88 Å². The molecule has 0 aliphatic heterocycles. The van der Waals surface area contributed by atoms with Crippen LogP contribution >= 0.6 is 11.6 Å². The van der Waals surface area contributed by atoms with Crippen LogP contribution in [-0.2, 0) is 6.42 Å². The lowest BCUT2D eigenvalue weighted by Crippen LogP contribution is -1.88. The lowest BCUT2D eigenvalue weighted by atomic mass is 10.1. The van der Waals surface area contributed by atoms with E-state index in [0.717, 1.165) is 17.8 Å². The Morgan fingerprint density at radius 1 is 1.50 bits per heavy atom. The summed E-state index contributed by atoms with van der Waals surface area (Å²) in [6.45, 7) is 4.01. The number of aromatic amines is 1. The fraction of sp³-hybridized carbons (Fsp3) is 0.571. The van der Waals surface area contributed by atoms with Crippen LogP contribution in [-0.4, -0.2) is 16.1 Å². The van der Waals surface area contributed by atoms with E-state index in [1.807, 2.05) is 13.8 Å². The fourth-order valence-electron chi connectivity index (χ4n) is 1.04. The third-order valence-corrected chi connectivity index (χ3v) is 1.81. The Morgan fingerprint density at radius 2 is 2.20 bits per heavy atom. The van der Waals surface area contributed by atoms with E-state index in [4.69, 9.17) is 11.6 Å². The maximum absolute atomic E-state index is 5.60.